The summed E-state index contributed by atoms with van der Waals surface area (Å²) >= 11 is 3.51. The molecule has 158 valence electrons. The molecule has 3 aromatic carbocycles. The van der Waals surface area contributed by atoms with Crippen LogP contribution >= 0.6 is 15.9 Å². The van der Waals surface area contributed by atoms with Gasteiger partial charge in [0.1, 0.15) is 11.9 Å². The van der Waals surface area contributed by atoms with E-state index in [2.05, 4.69) is 58.4 Å². The number of halogens is 1. The second kappa shape index (κ2) is 8.60. The Morgan fingerprint density at radius 3 is 2.12 bits per heavy atom. The van der Waals surface area contributed by atoms with Crippen molar-refractivity contribution in [2.24, 2.45) is 0 Å². The van der Waals surface area contributed by atoms with Crippen molar-refractivity contribution in [1.29, 1.82) is 0 Å². The molecule has 1 aliphatic rings. The molecule has 0 N–H and O–H groups in total. The van der Waals surface area contributed by atoms with Gasteiger partial charge in [0.25, 0.3) is 0 Å². The van der Waals surface area contributed by atoms with Crippen LogP contribution in [0.4, 0.5) is 0 Å². The molecule has 4 nitrogen and oxygen atoms in total. The van der Waals surface area contributed by atoms with Gasteiger partial charge in [-0.25, -0.2) is 9.36 Å². The Labute approximate surface area is 195 Å². The number of hydrogen-bond donors (Lipinski definition) is 0. The topological polar surface area (TPSA) is 39.8 Å². The molecular weight excluding hydrogens is 462 g/mol. The lowest BCUT2D eigenvalue weighted by atomic mass is 9.75. The maximum atomic E-state index is 13.9. The second-order valence-electron chi connectivity index (χ2n) is 7.76. The van der Waals surface area contributed by atoms with E-state index in [1.54, 1.807) is 15.6 Å². The Morgan fingerprint density at radius 2 is 1.53 bits per heavy atom. The smallest absolute Gasteiger partial charge is 0.250 e. The average molecular weight is 484 g/mol. The van der Waals surface area contributed by atoms with Crippen LogP contribution in [0, 0.1) is 0 Å². The first-order valence-electron chi connectivity index (χ1n) is 10.6. The molecule has 0 amide bonds. The normalized spacial score (nSPS) is 13.7. The maximum absolute atomic E-state index is 13.9. The molecule has 4 aromatic rings. The molecule has 0 aliphatic heterocycles. The van der Waals surface area contributed by atoms with E-state index < -0.39 is 5.54 Å². The summed E-state index contributed by atoms with van der Waals surface area (Å²) in [5.41, 5.74) is 2.71. The van der Waals surface area contributed by atoms with Crippen LogP contribution in [0.5, 0.6) is 0 Å². The first kappa shape index (κ1) is 20.5. The molecular formula is C27H22BrN3O. The van der Waals surface area contributed by atoms with E-state index in [9.17, 15) is 4.79 Å². The summed E-state index contributed by atoms with van der Waals surface area (Å²) in [6.07, 6.45) is 10.1. The fourth-order valence-corrected chi connectivity index (χ4v) is 4.83. The maximum Gasteiger partial charge on any atom is 0.351 e. The highest BCUT2D eigenvalue weighted by molar-refractivity contribution is 9.10. The first-order chi connectivity index (χ1) is 15.7. The predicted molar refractivity (Wildman–Crippen MR) is 131 cm³/mol. The minimum absolute atomic E-state index is 0.198. The number of nitrogens with zero attached hydrogens (tertiary/aromatic N) is 3. The minimum Gasteiger partial charge on any atom is -0.250 e. The summed E-state index contributed by atoms with van der Waals surface area (Å²) in [6, 6.07) is 28.0. The van der Waals surface area contributed by atoms with Crippen LogP contribution < -0.4 is 5.69 Å². The van der Waals surface area contributed by atoms with Gasteiger partial charge in [0.15, 0.2) is 0 Å². The van der Waals surface area contributed by atoms with Crippen LogP contribution in [-0.2, 0) is 5.54 Å². The molecule has 0 saturated heterocycles. The van der Waals surface area contributed by atoms with Crippen LogP contribution in [-0.4, -0.2) is 14.3 Å². The van der Waals surface area contributed by atoms with Gasteiger partial charge in [-0.2, -0.15) is 9.78 Å². The zero-order valence-corrected chi connectivity index (χ0v) is 19.0. The molecule has 1 aromatic heterocycles. The SMILES string of the molecule is O=c1n(-c2cccc(Br)c2)cnn1C(C1=CCCC=C1)(c1ccccc1)c1ccccc1. The Balaban J connectivity index is 1.85. The van der Waals surface area contributed by atoms with Gasteiger partial charge in [-0.15, -0.1) is 0 Å². The largest absolute Gasteiger partial charge is 0.351 e. The van der Waals surface area contributed by atoms with Crippen molar-refractivity contribution in [3.63, 3.8) is 0 Å². The van der Waals surface area contributed by atoms with Gasteiger partial charge in [-0.3, -0.25) is 0 Å². The van der Waals surface area contributed by atoms with E-state index >= 15 is 0 Å². The third-order valence-corrected chi connectivity index (χ3v) is 6.36. The summed E-state index contributed by atoms with van der Waals surface area (Å²) in [5.74, 6) is 0. The van der Waals surface area contributed by atoms with E-state index in [1.165, 1.54) is 0 Å². The number of allylic oxidation sites excluding steroid dienone is 4. The monoisotopic (exact) mass is 483 g/mol. The fraction of sp³-hybridized carbons (Fsp3) is 0.111. The third kappa shape index (κ3) is 3.39. The molecule has 0 bridgehead atoms. The average Bonchev–Trinajstić information content (AvgIpc) is 3.23. The molecule has 0 saturated carbocycles. The Morgan fingerprint density at radius 1 is 0.844 bits per heavy atom. The van der Waals surface area contributed by atoms with Crippen molar-refractivity contribution in [2.45, 2.75) is 18.4 Å². The van der Waals surface area contributed by atoms with Gasteiger partial charge in [0.2, 0.25) is 0 Å². The van der Waals surface area contributed by atoms with E-state index in [-0.39, 0.29) is 5.69 Å². The molecule has 0 radical (unpaired) electrons. The Kier molecular flexibility index (Phi) is 5.50. The highest BCUT2D eigenvalue weighted by Crippen LogP contribution is 2.41. The predicted octanol–water partition coefficient (Wildman–Crippen LogP) is 5.86. The molecule has 0 unspecified atom stereocenters. The molecule has 0 atom stereocenters. The molecule has 1 aliphatic carbocycles. The van der Waals surface area contributed by atoms with Crippen molar-refractivity contribution in [3.8, 4) is 5.69 Å². The molecule has 0 fully saturated rings. The third-order valence-electron chi connectivity index (χ3n) is 5.87. The molecule has 32 heavy (non-hydrogen) atoms. The van der Waals surface area contributed by atoms with E-state index in [0.29, 0.717) is 0 Å². The van der Waals surface area contributed by atoms with Crippen molar-refractivity contribution in [1.82, 2.24) is 14.3 Å². The lowest BCUT2D eigenvalue weighted by Crippen LogP contribution is -2.45. The van der Waals surface area contributed by atoms with Crippen LogP contribution in [0.25, 0.3) is 5.69 Å². The summed E-state index contributed by atoms with van der Waals surface area (Å²) in [5, 5.41) is 4.70. The lowest BCUT2D eigenvalue weighted by Gasteiger charge is -2.36. The summed E-state index contributed by atoms with van der Waals surface area (Å²) in [4.78, 5) is 13.9. The van der Waals surface area contributed by atoms with E-state index in [0.717, 1.165) is 39.7 Å². The van der Waals surface area contributed by atoms with Crippen LogP contribution in [0.15, 0.2) is 124 Å². The van der Waals surface area contributed by atoms with Crippen molar-refractivity contribution in [2.75, 3.05) is 0 Å². The molecule has 5 rings (SSSR count). The lowest BCUT2D eigenvalue weighted by molar-refractivity contribution is 0.439. The minimum atomic E-state index is -0.881. The van der Waals surface area contributed by atoms with Gasteiger partial charge in [-0.05, 0) is 47.7 Å². The molecule has 0 spiro atoms. The number of hydrogen-bond acceptors (Lipinski definition) is 2. The summed E-state index contributed by atoms with van der Waals surface area (Å²) in [7, 11) is 0. The standard InChI is InChI=1S/C27H22BrN3O/c28-24-17-10-18-25(19-24)30-20-29-31(26(30)32)27(21-11-4-1-5-12-21,22-13-6-2-7-14-22)23-15-8-3-9-16-23/h1-2,4-8,10-20H,3,9H2. The second-order valence-corrected chi connectivity index (χ2v) is 8.67. The van der Waals surface area contributed by atoms with Gasteiger partial charge >= 0.3 is 5.69 Å². The Hall–Kier alpha value is -3.44. The highest BCUT2D eigenvalue weighted by Gasteiger charge is 2.42. The zero-order valence-electron chi connectivity index (χ0n) is 17.4. The Bertz CT molecular complexity index is 1310. The molecule has 5 heteroatoms. The van der Waals surface area contributed by atoms with Gasteiger partial charge in [-0.1, -0.05) is 101 Å². The summed E-state index contributed by atoms with van der Waals surface area (Å²) < 4.78 is 4.13. The van der Waals surface area contributed by atoms with Crippen molar-refractivity contribution >= 4 is 15.9 Å². The zero-order chi connectivity index (χ0) is 22.0. The van der Waals surface area contributed by atoms with Gasteiger partial charge in [0, 0.05) is 4.47 Å². The number of rotatable bonds is 5. The number of aromatic nitrogens is 3. The first-order valence-corrected chi connectivity index (χ1v) is 11.4. The van der Waals surface area contributed by atoms with Crippen LogP contribution in [0.2, 0.25) is 0 Å². The van der Waals surface area contributed by atoms with Crippen molar-refractivity contribution in [3.05, 3.63) is 141 Å². The van der Waals surface area contributed by atoms with Gasteiger partial charge in [0.05, 0.1) is 5.69 Å². The van der Waals surface area contributed by atoms with Gasteiger partial charge < -0.3 is 0 Å². The van der Waals surface area contributed by atoms with E-state index in [1.807, 2.05) is 60.7 Å². The van der Waals surface area contributed by atoms with Crippen LogP contribution in [0.3, 0.4) is 0 Å². The van der Waals surface area contributed by atoms with Crippen molar-refractivity contribution < 1.29 is 0 Å². The van der Waals surface area contributed by atoms with E-state index in [4.69, 9.17) is 5.10 Å². The number of benzene rings is 3. The highest BCUT2D eigenvalue weighted by atomic mass is 79.9. The summed E-state index contributed by atoms with van der Waals surface area (Å²) in [6.45, 7) is 0. The van der Waals surface area contributed by atoms with Crippen LogP contribution in [0.1, 0.15) is 24.0 Å². The fourth-order valence-electron chi connectivity index (χ4n) is 4.44. The quantitative estimate of drug-likeness (QED) is 0.356. The molecule has 1 heterocycles.